The molecule has 2 aromatic heterocycles. The maximum atomic E-state index is 13.8. The Bertz CT molecular complexity index is 1980. The van der Waals surface area contributed by atoms with E-state index in [2.05, 4.69) is 21.1 Å². The van der Waals surface area contributed by atoms with Crippen LogP contribution in [0.2, 0.25) is 0 Å². The summed E-state index contributed by atoms with van der Waals surface area (Å²) >= 11 is 0. The molecule has 10 heteroatoms. The number of benzene rings is 2. The van der Waals surface area contributed by atoms with E-state index in [0.717, 1.165) is 27.1 Å². The van der Waals surface area contributed by atoms with Crippen molar-refractivity contribution in [3.05, 3.63) is 77.1 Å². The van der Waals surface area contributed by atoms with Gasteiger partial charge in [0.15, 0.2) is 0 Å². The zero-order chi connectivity index (χ0) is 33.3. The van der Waals surface area contributed by atoms with Crippen molar-refractivity contribution in [3.63, 3.8) is 0 Å². The first-order chi connectivity index (χ1) is 22.3. The van der Waals surface area contributed by atoms with Crippen molar-refractivity contribution >= 4 is 27.9 Å². The molecule has 44 heavy (non-hydrogen) atoms. The number of ether oxygens (including phenoxy) is 1. The van der Waals surface area contributed by atoms with E-state index in [4.69, 9.17) is 23.8 Å². The number of fused-ring (bicyclic) bond motifs is 9. The number of carbonyl (C=O) groups is 1. The van der Waals surface area contributed by atoms with Crippen LogP contribution in [0, 0.1) is 11.8 Å². The SMILES string of the molecule is [2H]C([2H])([2H])N1C(=O)c2cccc(C#CC)c2[C@H]2C[C@@H]1c1nc3ccc(-c4cnc(C5(NS(=O)C(C)(C)C)CCOCC5)nc4)cc3n12. The molecule has 1 N–H and O–H groups in total. The van der Waals surface area contributed by atoms with Crippen molar-refractivity contribution in [2.45, 2.75) is 69.3 Å². The number of rotatable bonds is 4. The molecule has 3 atom stereocenters. The third-order valence-corrected chi connectivity index (χ3v) is 10.5. The largest absolute Gasteiger partial charge is 0.381 e. The summed E-state index contributed by atoms with van der Waals surface area (Å²) in [4.78, 5) is 29.3. The van der Waals surface area contributed by atoms with Gasteiger partial charge in [-0.05, 0) is 70.4 Å². The lowest BCUT2D eigenvalue weighted by atomic mass is 9.90. The minimum absolute atomic E-state index is 0.333. The third kappa shape index (κ3) is 4.57. The summed E-state index contributed by atoms with van der Waals surface area (Å²) in [7, 11) is -1.32. The number of carbonyl (C=O) groups excluding carboxylic acids is 1. The van der Waals surface area contributed by atoms with Crippen molar-refractivity contribution in [3.8, 4) is 23.0 Å². The van der Waals surface area contributed by atoms with Gasteiger partial charge in [-0.1, -0.05) is 18.1 Å². The van der Waals surface area contributed by atoms with Gasteiger partial charge in [-0.3, -0.25) is 4.79 Å². The summed E-state index contributed by atoms with van der Waals surface area (Å²) in [5, 5.41) is 0. The second-order valence-corrected chi connectivity index (χ2v) is 14.6. The summed E-state index contributed by atoms with van der Waals surface area (Å²) < 4.78 is 48.7. The summed E-state index contributed by atoms with van der Waals surface area (Å²) in [6.07, 6.45) is 5.16. The molecule has 5 heterocycles. The molecular formula is C34H36N6O3S. The fourth-order valence-corrected chi connectivity index (χ4v) is 7.47. The molecule has 1 saturated heterocycles. The van der Waals surface area contributed by atoms with Crippen LogP contribution >= 0.6 is 0 Å². The highest BCUT2D eigenvalue weighted by Crippen LogP contribution is 2.48. The van der Waals surface area contributed by atoms with Crippen molar-refractivity contribution in [1.29, 1.82) is 0 Å². The average molecular weight is 612 g/mol. The molecule has 0 aliphatic carbocycles. The van der Waals surface area contributed by atoms with E-state index in [1.807, 2.05) is 45.0 Å². The monoisotopic (exact) mass is 611 g/mol. The molecule has 2 bridgehead atoms. The van der Waals surface area contributed by atoms with Crippen molar-refractivity contribution in [2.24, 2.45) is 0 Å². The molecule has 1 amide bonds. The quantitative estimate of drug-likeness (QED) is 0.325. The molecule has 0 saturated carbocycles. The Labute approximate surface area is 264 Å². The highest BCUT2D eigenvalue weighted by molar-refractivity contribution is 7.84. The number of nitrogens with zero attached hydrogens (tertiary/aromatic N) is 5. The first-order valence-corrected chi connectivity index (χ1v) is 16.0. The van der Waals surface area contributed by atoms with Crippen LogP contribution in [0.5, 0.6) is 0 Å². The summed E-state index contributed by atoms with van der Waals surface area (Å²) in [5.41, 5.74) is 4.29. The molecule has 226 valence electrons. The third-order valence-electron chi connectivity index (χ3n) is 8.84. The summed E-state index contributed by atoms with van der Waals surface area (Å²) in [6.45, 7) is 5.91. The zero-order valence-electron chi connectivity index (χ0n) is 28.2. The van der Waals surface area contributed by atoms with Crippen molar-refractivity contribution in [1.82, 2.24) is 29.1 Å². The van der Waals surface area contributed by atoms with Crippen LogP contribution in [0.3, 0.4) is 0 Å². The smallest absolute Gasteiger partial charge is 0.254 e. The molecule has 4 aromatic rings. The van der Waals surface area contributed by atoms with Gasteiger partial charge in [0.25, 0.3) is 5.91 Å². The highest BCUT2D eigenvalue weighted by Gasteiger charge is 2.44. The van der Waals surface area contributed by atoms with Crippen LogP contribution in [-0.2, 0) is 21.3 Å². The maximum Gasteiger partial charge on any atom is 0.254 e. The van der Waals surface area contributed by atoms with E-state index >= 15 is 0 Å². The van der Waals surface area contributed by atoms with Crippen LogP contribution in [0.1, 0.15) is 96.3 Å². The predicted octanol–water partition coefficient (Wildman–Crippen LogP) is 5.04. The number of nitrogens with one attached hydrogen (secondary N) is 1. The van der Waals surface area contributed by atoms with Gasteiger partial charge in [0.1, 0.15) is 11.6 Å². The van der Waals surface area contributed by atoms with E-state index in [-0.39, 0.29) is 6.04 Å². The second-order valence-electron chi connectivity index (χ2n) is 12.6. The van der Waals surface area contributed by atoms with E-state index < -0.39 is 40.2 Å². The number of hydrogen-bond donors (Lipinski definition) is 1. The predicted molar refractivity (Wildman–Crippen MR) is 170 cm³/mol. The van der Waals surface area contributed by atoms with E-state index in [1.54, 1.807) is 31.5 Å². The van der Waals surface area contributed by atoms with Crippen LogP contribution in [0.25, 0.3) is 22.2 Å². The zero-order valence-corrected chi connectivity index (χ0v) is 26.0. The number of hydrogen-bond acceptors (Lipinski definition) is 6. The van der Waals surface area contributed by atoms with E-state index in [0.29, 0.717) is 60.8 Å². The number of imidazole rings is 1. The van der Waals surface area contributed by atoms with Crippen LogP contribution < -0.4 is 4.72 Å². The van der Waals surface area contributed by atoms with E-state index in [1.165, 1.54) is 0 Å². The van der Waals surface area contributed by atoms with E-state index in [9.17, 15) is 9.00 Å². The van der Waals surface area contributed by atoms with Gasteiger partial charge in [0.05, 0.1) is 44.4 Å². The lowest BCUT2D eigenvalue weighted by molar-refractivity contribution is 0.0429. The standard InChI is InChI=1S/C34H36N6O3S/c1-6-8-21-9-7-10-24-29(21)27-18-28(39(5)31(24)41)30-37-25-12-11-22(17-26(25)40(27)30)23-19-35-32(36-20-23)34(13-15-43-16-14-34)38-44(42)33(2,3)4/h7,9-12,17,19-20,27-28,38H,13-16,18H2,1-5H3/t27-,28-,44?/m1/s1/i5D3. The molecule has 3 aliphatic rings. The van der Waals surface area contributed by atoms with Gasteiger partial charge in [-0.2, -0.15) is 0 Å². The van der Waals surface area contributed by atoms with Crippen LogP contribution in [0.4, 0.5) is 0 Å². The fraction of sp³-hybridized carbons (Fsp3) is 0.412. The molecule has 3 aliphatic heterocycles. The Morgan fingerprint density at radius 3 is 2.59 bits per heavy atom. The molecule has 2 aromatic carbocycles. The Hall–Kier alpha value is -3.91. The Balaban J connectivity index is 1.32. The number of amides is 1. The van der Waals surface area contributed by atoms with Crippen molar-refractivity contribution in [2.75, 3.05) is 20.2 Å². The molecule has 0 spiro atoms. The van der Waals surface area contributed by atoms with Gasteiger partial charge >= 0.3 is 0 Å². The van der Waals surface area contributed by atoms with Gasteiger partial charge in [-0.25, -0.2) is 23.9 Å². The molecule has 0 radical (unpaired) electrons. The summed E-state index contributed by atoms with van der Waals surface area (Å²) in [6, 6.07) is 10.1. The molecule has 7 rings (SSSR count). The molecular weight excluding hydrogens is 572 g/mol. The summed E-state index contributed by atoms with van der Waals surface area (Å²) in [5.74, 6) is 6.68. The van der Waals surface area contributed by atoms with Gasteiger partial charge < -0.3 is 14.2 Å². The first-order valence-electron chi connectivity index (χ1n) is 16.3. The van der Waals surface area contributed by atoms with Gasteiger partial charge in [-0.15, -0.1) is 5.92 Å². The van der Waals surface area contributed by atoms with Gasteiger partial charge in [0.2, 0.25) is 0 Å². The first kappa shape index (κ1) is 25.4. The minimum Gasteiger partial charge on any atom is -0.381 e. The Morgan fingerprint density at radius 2 is 1.89 bits per heavy atom. The number of aromatic nitrogens is 4. The van der Waals surface area contributed by atoms with Crippen molar-refractivity contribution < 1.29 is 17.9 Å². The lowest BCUT2D eigenvalue weighted by Gasteiger charge is -2.37. The highest BCUT2D eigenvalue weighted by atomic mass is 32.2. The molecule has 9 nitrogen and oxygen atoms in total. The average Bonchev–Trinajstić information content (AvgIpc) is 3.53. The maximum absolute atomic E-state index is 13.8. The van der Waals surface area contributed by atoms with Crippen LogP contribution in [-0.4, -0.2) is 59.5 Å². The topological polar surface area (TPSA) is 102 Å². The second kappa shape index (κ2) is 10.6. The van der Waals surface area contributed by atoms with Crippen LogP contribution in [0.15, 0.2) is 48.8 Å². The van der Waals surface area contributed by atoms with Gasteiger partial charge in [0, 0.05) is 65.4 Å². The Morgan fingerprint density at radius 1 is 1.11 bits per heavy atom. The normalized spacial score (nSPS) is 22.6. The fourth-order valence-electron chi connectivity index (χ4n) is 6.52. The molecule has 1 fully saturated rings. The Kier molecular flexibility index (Phi) is 6.13. The molecule has 1 unspecified atom stereocenters. The minimum atomic E-state index is -2.66. The lowest BCUT2D eigenvalue weighted by Crippen LogP contribution is -2.51.